The SMILES string of the molecule is CC(C)c1ccc(C(NC(=O)c2csc(CCN)n2)c2cccs2)cc1. The summed E-state index contributed by atoms with van der Waals surface area (Å²) in [7, 11) is 0. The molecule has 0 saturated carbocycles. The zero-order valence-corrected chi connectivity index (χ0v) is 16.6. The molecule has 0 spiro atoms. The molecule has 1 aromatic carbocycles. The first-order valence-electron chi connectivity index (χ1n) is 8.67. The molecule has 0 radical (unpaired) electrons. The smallest absolute Gasteiger partial charge is 0.271 e. The van der Waals surface area contributed by atoms with Gasteiger partial charge in [-0.05, 0) is 35.0 Å². The second-order valence-corrected chi connectivity index (χ2v) is 8.33. The molecule has 0 aliphatic heterocycles. The fourth-order valence-corrected chi connectivity index (χ4v) is 4.30. The van der Waals surface area contributed by atoms with Gasteiger partial charge >= 0.3 is 0 Å². The van der Waals surface area contributed by atoms with Crippen LogP contribution in [-0.4, -0.2) is 17.4 Å². The lowest BCUT2D eigenvalue weighted by Gasteiger charge is -2.18. The topological polar surface area (TPSA) is 68.0 Å². The van der Waals surface area contributed by atoms with E-state index < -0.39 is 0 Å². The Morgan fingerprint density at radius 1 is 1.15 bits per heavy atom. The van der Waals surface area contributed by atoms with E-state index >= 15 is 0 Å². The summed E-state index contributed by atoms with van der Waals surface area (Å²) in [4.78, 5) is 18.2. The Kier molecular flexibility index (Phi) is 6.19. The van der Waals surface area contributed by atoms with Gasteiger partial charge in [0.1, 0.15) is 5.69 Å². The maximum Gasteiger partial charge on any atom is 0.271 e. The molecule has 6 heteroatoms. The highest BCUT2D eigenvalue weighted by Crippen LogP contribution is 2.28. The monoisotopic (exact) mass is 385 g/mol. The molecule has 0 saturated heterocycles. The summed E-state index contributed by atoms with van der Waals surface area (Å²) in [6, 6.07) is 12.3. The van der Waals surface area contributed by atoms with Gasteiger partial charge in [0.25, 0.3) is 5.91 Å². The molecule has 3 rings (SSSR count). The van der Waals surface area contributed by atoms with Crippen molar-refractivity contribution in [2.24, 2.45) is 5.73 Å². The summed E-state index contributed by atoms with van der Waals surface area (Å²) in [6.45, 7) is 4.89. The summed E-state index contributed by atoms with van der Waals surface area (Å²) in [5.74, 6) is 0.325. The van der Waals surface area contributed by atoms with Crippen molar-refractivity contribution < 1.29 is 4.79 Å². The molecule has 136 valence electrons. The van der Waals surface area contributed by atoms with Gasteiger partial charge in [0, 0.05) is 16.7 Å². The Balaban J connectivity index is 1.83. The summed E-state index contributed by atoms with van der Waals surface area (Å²) in [6.07, 6.45) is 0.697. The molecular formula is C20H23N3OS2. The summed E-state index contributed by atoms with van der Waals surface area (Å²) < 4.78 is 0. The fourth-order valence-electron chi connectivity index (χ4n) is 2.71. The third kappa shape index (κ3) is 4.38. The predicted molar refractivity (Wildman–Crippen MR) is 109 cm³/mol. The van der Waals surface area contributed by atoms with Crippen LogP contribution in [-0.2, 0) is 6.42 Å². The van der Waals surface area contributed by atoms with Crippen LogP contribution in [0, 0.1) is 0 Å². The summed E-state index contributed by atoms with van der Waals surface area (Å²) in [5.41, 5.74) is 8.38. The van der Waals surface area contributed by atoms with Crippen molar-refractivity contribution in [3.8, 4) is 0 Å². The van der Waals surface area contributed by atoms with Gasteiger partial charge in [0.05, 0.1) is 11.0 Å². The molecule has 4 nitrogen and oxygen atoms in total. The van der Waals surface area contributed by atoms with Crippen LogP contribution in [0.3, 0.4) is 0 Å². The number of hydrogen-bond donors (Lipinski definition) is 2. The average molecular weight is 386 g/mol. The minimum Gasteiger partial charge on any atom is -0.339 e. The number of thiazole rings is 1. The van der Waals surface area contributed by atoms with E-state index in [2.05, 4.69) is 48.4 Å². The zero-order valence-electron chi connectivity index (χ0n) is 14.9. The lowest BCUT2D eigenvalue weighted by atomic mass is 9.98. The molecular weight excluding hydrogens is 362 g/mol. The summed E-state index contributed by atoms with van der Waals surface area (Å²) in [5, 5.41) is 7.86. The molecule has 1 atom stereocenters. The molecule has 3 N–H and O–H groups in total. The zero-order chi connectivity index (χ0) is 18.5. The lowest BCUT2D eigenvalue weighted by molar-refractivity contribution is 0.0939. The molecule has 0 fully saturated rings. The number of rotatable bonds is 7. The van der Waals surface area contributed by atoms with Crippen molar-refractivity contribution in [3.05, 3.63) is 73.9 Å². The van der Waals surface area contributed by atoms with E-state index in [1.165, 1.54) is 16.9 Å². The van der Waals surface area contributed by atoms with Gasteiger partial charge in [-0.15, -0.1) is 22.7 Å². The van der Waals surface area contributed by atoms with Gasteiger partial charge < -0.3 is 11.1 Å². The van der Waals surface area contributed by atoms with Gasteiger partial charge in [-0.3, -0.25) is 4.79 Å². The number of aromatic nitrogens is 1. The van der Waals surface area contributed by atoms with E-state index in [-0.39, 0.29) is 11.9 Å². The molecule has 2 heterocycles. The Morgan fingerprint density at radius 3 is 2.50 bits per heavy atom. The van der Waals surface area contributed by atoms with Crippen molar-refractivity contribution in [1.82, 2.24) is 10.3 Å². The normalized spacial score (nSPS) is 12.3. The highest BCUT2D eigenvalue weighted by Gasteiger charge is 2.20. The number of amides is 1. The van der Waals surface area contributed by atoms with Crippen molar-refractivity contribution >= 4 is 28.6 Å². The minimum absolute atomic E-state index is 0.157. The number of thiophene rings is 1. The van der Waals surface area contributed by atoms with Crippen molar-refractivity contribution in [1.29, 1.82) is 0 Å². The van der Waals surface area contributed by atoms with E-state index in [0.717, 1.165) is 15.4 Å². The van der Waals surface area contributed by atoms with Gasteiger partial charge in [-0.2, -0.15) is 0 Å². The van der Waals surface area contributed by atoms with Crippen LogP contribution in [0.5, 0.6) is 0 Å². The van der Waals surface area contributed by atoms with E-state index in [1.54, 1.807) is 16.7 Å². The van der Waals surface area contributed by atoms with Crippen LogP contribution >= 0.6 is 22.7 Å². The van der Waals surface area contributed by atoms with Gasteiger partial charge in [-0.1, -0.05) is 44.2 Å². The molecule has 26 heavy (non-hydrogen) atoms. The maximum atomic E-state index is 12.7. The van der Waals surface area contributed by atoms with E-state index in [9.17, 15) is 4.79 Å². The second-order valence-electron chi connectivity index (χ2n) is 6.41. The maximum absolute atomic E-state index is 12.7. The highest BCUT2D eigenvalue weighted by atomic mass is 32.1. The first kappa shape index (κ1) is 18.8. The Labute approximate surface area is 162 Å². The number of nitrogens with one attached hydrogen (secondary N) is 1. The lowest BCUT2D eigenvalue weighted by Crippen LogP contribution is -2.29. The van der Waals surface area contributed by atoms with Crippen molar-refractivity contribution in [2.45, 2.75) is 32.2 Å². The molecule has 2 aromatic heterocycles. The quantitative estimate of drug-likeness (QED) is 0.635. The molecule has 1 amide bonds. The van der Waals surface area contributed by atoms with Crippen LogP contribution in [0.4, 0.5) is 0 Å². The van der Waals surface area contributed by atoms with Gasteiger partial charge in [0.2, 0.25) is 0 Å². The molecule has 0 aliphatic carbocycles. The third-order valence-corrected chi connectivity index (χ3v) is 6.03. The van der Waals surface area contributed by atoms with E-state index in [1.807, 2.05) is 17.5 Å². The number of carbonyl (C=O) groups is 1. The Bertz CT molecular complexity index is 838. The van der Waals surface area contributed by atoms with Gasteiger partial charge in [0.15, 0.2) is 0 Å². The predicted octanol–water partition coefficient (Wildman–Crippen LogP) is 4.35. The molecule has 0 bridgehead atoms. The van der Waals surface area contributed by atoms with E-state index in [0.29, 0.717) is 24.6 Å². The molecule has 3 aromatic rings. The average Bonchev–Trinajstić information content (AvgIpc) is 3.32. The third-order valence-electron chi connectivity index (χ3n) is 4.18. The van der Waals surface area contributed by atoms with Crippen LogP contribution in [0.2, 0.25) is 0 Å². The van der Waals surface area contributed by atoms with Crippen molar-refractivity contribution in [2.75, 3.05) is 6.54 Å². The number of nitrogens with two attached hydrogens (primary N) is 1. The van der Waals surface area contributed by atoms with Gasteiger partial charge in [-0.25, -0.2) is 4.98 Å². The van der Waals surface area contributed by atoms with Crippen LogP contribution in [0.15, 0.2) is 47.2 Å². The van der Waals surface area contributed by atoms with Crippen LogP contribution in [0.1, 0.15) is 57.3 Å². The second kappa shape index (κ2) is 8.58. The standard InChI is InChI=1S/C20H23N3OS2/c1-13(2)14-5-7-15(8-6-14)19(17-4-3-11-25-17)23-20(24)16-12-26-18(22-16)9-10-21/h3-8,11-13,19H,9-10,21H2,1-2H3,(H,23,24). The number of benzene rings is 1. The highest BCUT2D eigenvalue weighted by molar-refractivity contribution is 7.10. The number of nitrogens with zero attached hydrogens (tertiary/aromatic N) is 1. The molecule has 0 aliphatic rings. The first-order chi connectivity index (χ1) is 12.6. The van der Waals surface area contributed by atoms with E-state index in [4.69, 9.17) is 5.73 Å². The van der Waals surface area contributed by atoms with Crippen LogP contribution < -0.4 is 11.1 Å². The fraction of sp³-hybridized carbons (Fsp3) is 0.300. The van der Waals surface area contributed by atoms with Crippen LogP contribution in [0.25, 0.3) is 0 Å². The molecule has 1 unspecified atom stereocenters. The van der Waals surface area contributed by atoms with Crippen molar-refractivity contribution in [3.63, 3.8) is 0 Å². The summed E-state index contributed by atoms with van der Waals surface area (Å²) >= 11 is 3.12. The Hall–Kier alpha value is -2.02. The minimum atomic E-state index is -0.177. The first-order valence-corrected chi connectivity index (χ1v) is 10.4. The number of hydrogen-bond acceptors (Lipinski definition) is 5. The Morgan fingerprint density at radius 2 is 1.88 bits per heavy atom. The number of carbonyl (C=O) groups excluding carboxylic acids is 1. The largest absolute Gasteiger partial charge is 0.339 e.